The van der Waals surface area contributed by atoms with Crippen LogP contribution >= 0.6 is 0 Å². The molecule has 1 saturated heterocycles. The topological polar surface area (TPSA) is 74.8 Å². The maximum atomic E-state index is 13.5. The van der Waals surface area contributed by atoms with Crippen molar-refractivity contribution in [3.05, 3.63) is 89.9 Å². The number of nitrogens with zero attached hydrogens (tertiary/aromatic N) is 3. The Labute approximate surface area is 198 Å². The van der Waals surface area contributed by atoms with Gasteiger partial charge in [-0.05, 0) is 30.2 Å². The van der Waals surface area contributed by atoms with Crippen LogP contribution in [0, 0.1) is 5.82 Å². The Hall–Kier alpha value is -3.78. The Bertz CT molecular complexity index is 1140. The van der Waals surface area contributed by atoms with Crippen LogP contribution in [0.3, 0.4) is 0 Å². The molecule has 1 N–H and O–H groups in total. The molecule has 0 aliphatic carbocycles. The van der Waals surface area contributed by atoms with Crippen molar-refractivity contribution >= 4 is 11.8 Å². The molecule has 1 fully saturated rings. The molecule has 0 unspecified atom stereocenters. The fourth-order valence-corrected chi connectivity index (χ4v) is 4.02. The summed E-state index contributed by atoms with van der Waals surface area (Å²) in [6, 6.07) is 18.4. The maximum Gasteiger partial charge on any atom is 0.254 e. The number of pyridine rings is 1. The third-order valence-corrected chi connectivity index (χ3v) is 5.83. The molecular weight excluding hydrogens is 435 g/mol. The lowest BCUT2D eigenvalue weighted by Gasteiger charge is -2.40. The lowest BCUT2D eigenvalue weighted by Crippen LogP contribution is -2.60. The minimum atomic E-state index is -0.609. The van der Waals surface area contributed by atoms with Gasteiger partial charge in [0.1, 0.15) is 17.6 Å². The molecule has 8 heteroatoms. The summed E-state index contributed by atoms with van der Waals surface area (Å²) in [5.74, 6) is -0.448. The molecule has 2 amide bonds. The van der Waals surface area contributed by atoms with Crippen LogP contribution in [0.5, 0.6) is 11.6 Å². The monoisotopic (exact) mass is 462 g/mol. The number of piperazine rings is 1. The van der Waals surface area contributed by atoms with E-state index >= 15 is 0 Å². The number of carbonyl (C=O) groups is 2. The first kappa shape index (κ1) is 23.4. The van der Waals surface area contributed by atoms with Crippen molar-refractivity contribution in [3.8, 4) is 11.6 Å². The zero-order chi connectivity index (χ0) is 23.9. The summed E-state index contributed by atoms with van der Waals surface area (Å²) in [6.45, 7) is 2.36. The molecule has 3 aromatic rings. The molecule has 2 aromatic carbocycles. The van der Waals surface area contributed by atoms with Crippen LogP contribution in [-0.4, -0.2) is 65.9 Å². The van der Waals surface area contributed by atoms with Gasteiger partial charge < -0.3 is 15.0 Å². The van der Waals surface area contributed by atoms with Gasteiger partial charge in [0, 0.05) is 57.1 Å². The number of carbonyl (C=O) groups excluding carboxylic acids is 2. The van der Waals surface area contributed by atoms with E-state index in [2.05, 4.69) is 27.3 Å². The van der Waals surface area contributed by atoms with E-state index in [-0.39, 0.29) is 23.4 Å². The van der Waals surface area contributed by atoms with E-state index in [0.717, 1.165) is 13.0 Å². The zero-order valence-corrected chi connectivity index (χ0v) is 19.0. The van der Waals surface area contributed by atoms with Crippen LogP contribution in [0.2, 0.25) is 0 Å². The molecule has 1 atom stereocenters. The van der Waals surface area contributed by atoms with Crippen molar-refractivity contribution in [2.45, 2.75) is 12.5 Å². The van der Waals surface area contributed by atoms with Crippen molar-refractivity contribution < 1.29 is 18.7 Å². The fraction of sp³-hybridized carbons (Fsp3) is 0.269. The Kier molecular flexibility index (Phi) is 7.49. The highest BCUT2D eigenvalue weighted by Crippen LogP contribution is 2.22. The second kappa shape index (κ2) is 10.9. The maximum absolute atomic E-state index is 13.5. The van der Waals surface area contributed by atoms with Gasteiger partial charge in [0.2, 0.25) is 11.8 Å². The van der Waals surface area contributed by atoms with Crippen LogP contribution in [0.4, 0.5) is 4.39 Å². The number of hydrogen-bond acceptors (Lipinski definition) is 5. The number of benzene rings is 2. The molecule has 7 nitrogen and oxygen atoms in total. The van der Waals surface area contributed by atoms with Crippen LogP contribution in [0.25, 0.3) is 0 Å². The molecule has 0 radical (unpaired) electrons. The number of likely N-dealkylation sites (N-methyl/N-ethyl adjacent to an activating group) is 1. The molecule has 0 spiro atoms. The second-order valence-electron chi connectivity index (χ2n) is 8.11. The largest absolute Gasteiger partial charge is 0.439 e. The third kappa shape index (κ3) is 5.77. The number of hydrogen-bond donors (Lipinski definition) is 1. The van der Waals surface area contributed by atoms with Gasteiger partial charge in [-0.15, -0.1) is 0 Å². The molecule has 2 heterocycles. The lowest BCUT2D eigenvalue weighted by molar-refractivity contribution is -0.127. The number of rotatable bonds is 7. The Morgan fingerprint density at radius 3 is 2.68 bits per heavy atom. The molecule has 4 rings (SSSR count). The Morgan fingerprint density at radius 1 is 1.09 bits per heavy atom. The normalized spacial score (nSPS) is 16.2. The summed E-state index contributed by atoms with van der Waals surface area (Å²) in [7, 11) is 1.57. The van der Waals surface area contributed by atoms with E-state index in [1.54, 1.807) is 24.1 Å². The minimum absolute atomic E-state index is 0.175. The predicted molar refractivity (Wildman–Crippen MR) is 126 cm³/mol. The van der Waals surface area contributed by atoms with Crippen molar-refractivity contribution in [1.82, 2.24) is 20.1 Å². The quantitative estimate of drug-likeness (QED) is 0.584. The highest BCUT2D eigenvalue weighted by atomic mass is 19.1. The van der Waals surface area contributed by atoms with Crippen LogP contribution < -0.4 is 10.1 Å². The van der Waals surface area contributed by atoms with Gasteiger partial charge >= 0.3 is 0 Å². The molecule has 176 valence electrons. The lowest BCUT2D eigenvalue weighted by atomic mass is 10.1. The van der Waals surface area contributed by atoms with Crippen molar-refractivity contribution in [2.75, 3.05) is 33.2 Å². The van der Waals surface area contributed by atoms with Gasteiger partial charge in [-0.1, -0.05) is 36.4 Å². The van der Waals surface area contributed by atoms with Crippen molar-refractivity contribution in [2.24, 2.45) is 0 Å². The minimum Gasteiger partial charge on any atom is -0.439 e. The van der Waals surface area contributed by atoms with E-state index in [4.69, 9.17) is 4.74 Å². The fourth-order valence-electron chi connectivity index (χ4n) is 4.02. The molecule has 1 aliphatic rings. The van der Waals surface area contributed by atoms with Gasteiger partial charge in [-0.25, -0.2) is 9.37 Å². The highest BCUT2D eigenvalue weighted by Gasteiger charge is 2.35. The average Bonchev–Trinajstić information content (AvgIpc) is 2.87. The van der Waals surface area contributed by atoms with E-state index in [0.29, 0.717) is 25.2 Å². The number of nitrogens with one attached hydrogen (secondary N) is 1. The Morgan fingerprint density at radius 2 is 1.91 bits per heavy atom. The van der Waals surface area contributed by atoms with Crippen LogP contribution in [0.1, 0.15) is 15.9 Å². The summed E-state index contributed by atoms with van der Waals surface area (Å²) in [5.41, 5.74) is 1.59. The molecule has 0 saturated carbocycles. The van der Waals surface area contributed by atoms with Gasteiger partial charge in [0.25, 0.3) is 5.91 Å². The smallest absolute Gasteiger partial charge is 0.254 e. The first-order valence-corrected chi connectivity index (χ1v) is 11.2. The van der Waals surface area contributed by atoms with Gasteiger partial charge in [-0.2, -0.15) is 0 Å². The number of halogens is 1. The zero-order valence-electron chi connectivity index (χ0n) is 19.0. The van der Waals surface area contributed by atoms with E-state index in [9.17, 15) is 14.0 Å². The standard InChI is InChI=1S/C26H27FN4O3/c1-28-25(32)23-18-30(13-11-19-6-3-2-4-7-19)14-15-31(23)26(33)20-10-12-29-24(16-20)34-22-9-5-8-21(27)17-22/h2-10,12,16-17,23H,11,13-15,18H2,1H3,(H,28,32)/t23-/m1/s1. The molecular formula is C26H27FN4O3. The van der Waals surface area contributed by atoms with E-state index in [1.807, 2.05) is 18.2 Å². The number of aromatic nitrogens is 1. The summed E-state index contributed by atoms with van der Waals surface area (Å²) in [4.78, 5) is 34.0. The molecule has 1 aliphatic heterocycles. The molecule has 1 aromatic heterocycles. The summed E-state index contributed by atoms with van der Waals surface area (Å²) in [6.07, 6.45) is 2.34. The summed E-state index contributed by atoms with van der Waals surface area (Å²) in [5, 5.41) is 2.68. The van der Waals surface area contributed by atoms with E-state index < -0.39 is 11.9 Å². The first-order valence-electron chi connectivity index (χ1n) is 11.2. The second-order valence-corrected chi connectivity index (χ2v) is 8.11. The van der Waals surface area contributed by atoms with Crippen molar-refractivity contribution in [3.63, 3.8) is 0 Å². The van der Waals surface area contributed by atoms with Gasteiger partial charge in [-0.3, -0.25) is 14.5 Å². The van der Waals surface area contributed by atoms with Gasteiger partial charge in [0.15, 0.2) is 0 Å². The predicted octanol–water partition coefficient (Wildman–Crippen LogP) is 3.13. The Balaban J connectivity index is 1.45. The first-order chi connectivity index (χ1) is 16.5. The summed E-state index contributed by atoms with van der Waals surface area (Å²) < 4.78 is 19.1. The number of amides is 2. The number of ether oxygens (including phenoxy) is 1. The molecule has 0 bridgehead atoms. The SMILES string of the molecule is CNC(=O)[C@H]1CN(CCc2ccccc2)CCN1C(=O)c1ccnc(Oc2cccc(F)c2)c1. The van der Waals surface area contributed by atoms with Crippen LogP contribution in [0.15, 0.2) is 72.9 Å². The van der Waals surface area contributed by atoms with Crippen LogP contribution in [-0.2, 0) is 11.2 Å². The average molecular weight is 463 g/mol. The molecule has 34 heavy (non-hydrogen) atoms. The van der Waals surface area contributed by atoms with Gasteiger partial charge in [0.05, 0.1) is 0 Å². The van der Waals surface area contributed by atoms with Crippen molar-refractivity contribution in [1.29, 1.82) is 0 Å². The summed E-state index contributed by atoms with van der Waals surface area (Å²) >= 11 is 0. The highest BCUT2D eigenvalue weighted by molar-refractivity contribution is 5.98. The van der Waals surface area contributed by atoms with E-state index in [1.165, 1.54) is 36.0 Å². The third-order valence-electron chi connectivity index (χ3n) is 5.83.